The lowest BCUT2D eigenvalue weighted by molar-refractivity contribution is 0.0958. The summed E-state index contributed by atoms with van der Waals surface area (Å²) in [5.41, 5.74) is 1.70. The number of hydrogen-bond donors (Lipinski definition) is 1. The van der Waals surface area contributed by atoms with Gasteiger partial charge in [-0.25, -0.2) is 0 Å². The summed E-state index contributed by atoms with van der Waals surface area (Å²) in [6, 6.07) is 3.89. The van der Waals surface area contributed by atoms with Crippen LogP contribution in [-0.2, 0) is 6.42 Å². The van der Waals surface area contributed by atoms with E-state index >= 15 is 0 Å². The molecule has 1 fully saturated rings. The molecule has 0 unspecified atom stereocenters. The van der Waals surface area contributed by atoms with Gasteiger partial charge in [-0.1, -0.05) is 6.42 Å². The average Bonchev–Trinajstić information content (AvgIpc) is 2.45. The van der Waals surface area contributed by atoms with E-state index in [1.165, 1.54) is 37.9 Å². The summed E-state index contributed by atoms with van der Waals surface area (Å²) in [6.45, 7) is 3.51. The molecule has 0 atom stereocenters. The van der Waals surface area contributed by atoms with E-state index in [1.54, 1.807) is 13.2 Å². The minimum absolute atomic E-state index is 0.116. The number of rotatable bonds is 4. The lowest BCUT2D eigenvalue weighted by atomic mass is 10.1. The van der Waals surface area contributed by atoms with Crippen molar-refractivity contribution in [2.24, 2.45) is 0 Å². The van der Waals surface area contributed by atoms with Crippen LogP contribution in [0.25, 0.3) is 0 Å². The molecular weight excluding hydrogens is 226 g/mol. The molecule has 1 aromatic heterocycles. The van der Waals surface area contributed by atoms with Crippen LogP contribution in [0.5, 0.6) is 0 Å². The Hall–Kier alpha value is -1.42. The van der Waals surface area contributed by atoms with Crippen molar-refractivity contribution >= 4 is 5.91 Å². The number of nitrogens with zero attached hydrogens (tertiary/aromatic N) is 2. The molecule has 0 aromatic carbocycles. The first kappa shape index (κ1) is 13.0. The Morgan fingerprint density at radius 3 is 2.89 bits per heavy atom. The minimum atomic E-state index is -0.116. The zero-order valence-electron chi connectivity index (χ0n) is 11.0. The van der Waals surface area contributed by atoms with Crippen LogP contribution in [0, 0.1) is 0 Å². The van der Waals surface area contributed by atoms with Gasteiger partial charge in [-0.3, -0.25) is 9.78 Å². The van der Waals surface area contributed by atoms with E-state index in [0.717, 1.165) is 13.0 Å². The van der Waals surface area contributed by atoms with Crippen molar-refractivity contribution in [2.45, 2.75) is 25.7 Å². The molecule has 4 heteroatoms. The molecule has 1 aliphatic rings. The lowest BCUT2D eigenvalue weighted by Gasteiger charge is -2.26. The van der Waals surface area contributed by atoms with Crippen molar-refractivity contribution in [2.75, 3.05) is 26.7 Å². The van der Waals surface area contributed by atoms with Crippen LogP contribution in [0.4, 0.5) is 0 Å². The van der Waals surface area contributed by atoms with Crippen molar-refractivity contribution in [1.29, 1.82) is 0 Å². The molecule has 1 aliphatic heterocycles. The maximum atomic E-state index is 11.5. The average molecular weight is 247 g/mol. The fourth-order valence-electron chi connectivity index (χ4n) is 2.35. The molecular formula is C14H21N3O. The molecule has 98 valence electrons. The number of amides is 1. The number of carbonyl (C=O) groups is 1. The topological polar surface area (TPSA) is 45.2 Å². The number of hydrogen-bond acceptors (Lipinski definition) is 3. The fourth-order valence-corrected chi connectivity index (χ4v) is 2.35. The number of piperidine rings is 1. The third-order valence-corrected chi connectivity index (χ3v) is 3.45. The first-order valence-corrected chi connectivity index (χ1v) is 6.69. The highest BCUT2D eigenvalue weighted by Crippen LogP contribution is 2.10. The van der Waals surface area contributed by atoms with Gasteiger partial charge in [0.2, 0.25) is 0 Å². The molecule has 0 spiro atoms. The summed E-state index contributed by atoms with van der Waals surface area (Å²) in [6.07, 6.45) is 6.72. The van der Waals surface area contributed by atoms with E-state index in [9.17, 15) is 4.79 Å². The smallest absolute Gasteiger partial charge is 0.269 e. The third kappa shape index (κ3) is 3.53. The first-order chi connectivity index (χ1) is 8.79. The molecule has 0 bridgehead atoms. The molecule has 0 radical (unpaired) electrons. The Morgan fingerprint density at radius 1 is 1.39 bits per heavy atom. The predicted molar refractivity (Wildman–Crippen MR) is 71.6 cm³/mol. The summed E-state index contributed by atoms with van der Waals surface area (Å²) >= 11 is 0. The van der Waals surface area contributed by atoms with E-state index in [2.05, 4.69) is 15.2 Å². The molecule has 2 rings (SSSR count). The Bertz CT molecular complexity index is 400. The molecule has 18 heavy (non-hydrogen) atoms. The molecule has 2 heterocycles. The largest absolute Gasteiger partial charge is 0.354 e. The highest BCUT2D eigenvalue weighted by atomic mass is 16.1. The predicted octanol–water partition coefficient (Wildman–Crippen LogP) is 1.47. The number of nitrogens with one attached hydrogen (secondary N) is 1. The van der Waals surface area contributed by atoms with Crippen molar-refractivity contribution in [3.8, 4) is 0 Å². The zero-order chi connectivity index (χ0) is 12.8. The summed E-state index contributed by atoms with van der Waals surface area (Å²) < 4.78 is 0. The molecule has 1 N–H and O–H groups in total. The Morgan fingerprint density at radius 2 is 2.17 bits per heavy atom. The van der Waals surface area contributed by atoms with Gasteiger partial charge in [-0.15, -0.1) is 0 Å². The number of likely N-dealkylation sites (tertiary alicyclic amines) is 1. The van der Waals surface area contributed by atoms with Gasteiger partial charge in [0.15, 0.2) is 0 Å². The van der Waals surface area contributed by atoms with Crippen molar-refractivity contribution in [3.05, 3.63) is 29.6 Å². The van der Waals surface area contributed by atoms with Gasteiger partial charge in [0.25, 0.3) is 5.91 Å². The van der Waals surface area contributed by atoms with E-state index in [4.69, 9.17) is 0 Å². The summed E-state index contributed by atoms with van der Waals surface area (Å²) in [4.78, 5) is 18.1. The molecule has 0 saturated carbocycles. The zero-order valence-corrected chi connectivity index (χ0v) is 11.0. The third-order valence-electron chi connectivity index (χ3n) is 3.45. The monoisotopic (exact) mass is 247 g/mol. The fraction of sp³-hybridized carbons (Fsp3) is 0.571. The van der Waals surface area contributed by atoms with Gasteiger partial charge < -0.3 is 10.2 Å². The normalized spacial score (nSPS) is 16.5. The highest BCUT2D eigenvalue weighted by molar-refractivity contribution is 5.92. The summed E-state index contributed by atoms with van der Waals surface area (Å²) in [7, 11) is 1.63. The standard InChI is InChI=1S/C14H21N3O/c1-15-14(18)13-11-12(5-7-16-13)6-10-17-8-3-2-4-9-17/h5,7,11H,2-4,6,8-10H2,1H3,(H,15,18). The van der Waals surface area contributed by atoms with E-state index < -0.39 is 0 Å². The van der Waals surface area contributed by atoms with E-state index in [1.807, 2.05) is 12.1 Å². The second-order valence-electron chi connectivity index (χ2n) is 4.78. The molecule has 1 saturated heterocycles. The Balaban J connectivity index is 1.90. The van der Waals surface area contributed by atoms with Crippen molar-refractivity contribution in [1.82, 2.24) is 15.2 Å². The second kappa shape index (κ2) is 6.50. The van der Waals surface area contributed by atoms with Crippen molar-refractivity contribution in [3.63, 3.8) is 0 Å². The maximum absolute atomic E-state index is 11.5. The maximum Gasteiger partial charge on any atom is 0.269 e. The number of carbonyl (C=O) groups excluding carboxylic acids is 1. The summed E-state index contributed by atoms with van der Waals surface area (Å²) in [5, 5.41) is 2.60. The van der Waals surface area contributed by atoms with Gasteiger partial charge in [-0.05, 0) is 50.0 Å². The molecule has 1 amide bonds. The molecule has 0 aliphatic carbocycles. The van der Waals surface area contributed by atoms with Gasteiger partial charge in [0.1, 0.15) is 5.69 Å². The van der Waals surface area contributed by atoms with E-state index in [-0.39, 0.29) is 5.91 Å². The molecule has 4 nitrogen and oxygen atoms in total. The van der Waals surface area contributed by atoms with Crippen LogP contribution in [0.3, 0.4) is 0 Å². The molecule has 1 aromatic rings. The number of aromatic nitrogens is 1. The van der Waals surface area contributed by atoms with Gasteiger partial charge >= 0.3 is 0 Å². The van der Waals surface area contributed by atoms with Crippen LogP contribution >= 0.6 is 0 Å². The minimum Gasteiger partial charge on any atom is -0.354 e. The van der Waals surface area contributed by atoms with Gasteiger partial charge in [-0.2, -0.15) is 0 Å². The van der Waals surface area contributed by atoms with Crippen molar-refractivity contribution < 1.29 is 4.79 Å². The van der Waals surface area contributed by atoms with Gasteiger partial charge in [0, 0.05) is 19.8 Å². The van der Waals surface area contributed by atoms with Crippen LogP contribution in [0.15, 0.2) is 18.3 Å². The summed E-state index contributed by atoms with van der Waals surface area (Å²) in [5.74, 6) is -0.116. The number of pyridine rings is 1. The lowest BCUT2D eigenvalue weighted by Crippen LogP contribution is -2.31. The quantitative estimate of drug-likeness (QED) is 0.876. The van der Waals surface area contributed by atoms with Crippen LogP contribution in [0.1, 0.15) is 35.3 Å². The van der Waals surface area contributed by atoms with Crippen LogP contribution in [0.2, 0.25) is 0 Å². The van der Waals surface area contributed by atoms with Crippen LogP contribution in [-0.4, -0.2) is 42.5 Å². The SMILES string of the molecule is CNC(=O)c1cc(CCN2CCCCC2)ccn1. The first-order valence-electron chi connectivity index (χ1n) is 6.69. The van der Waals surface area contributed by atoms with E-state index in [0.29, 0.717) is 5.69 Å². The second-order valence-corrected chi connectivity index (χ2v) is 4.78. The Kier molecular flexibility index (Phi) is 4.70. The van der Waals surface area contributed by atoms with Gasteiger partial charge in [0.05, 0.1) is 0 Å². The van der Waals surface area contributed by atoms with Crippen LogP contribution < -0.4 is 5.32 Å². The highest BCUT2D eigenvalue weighted by Gasteiger charge is 2.10. The Labute approximate surface area is 108 Å².